The van der Waals surface area contributed by atoms with Crippen molar-refractivity contribution < 1.29 is 4.92 Å². The molecule has 4 rings (SSSR count). The molecule has 0 spiro atoms. The smallest absolute Gasteiger partial charge is 0.243 e. The fourth-order valence-corrected chi connectivity index (χ4v) is 4.65. The Morgan fingerprint density at radius 1 is 1.09 bits per heavy atom. The van der Waals surface area contributed by atoms with Gasteiger partial charge in [-0.15, -0.1) is 0 Å². The van der Waals surface area contributed by atoms with Crippen molar-refractivity contribution in [3.05, 3.63) is 75.7 Å². The lowest BCUT2D eigenvalue weighted by Gasteiger charge is -2.27. The van der Waals surface area contributed by atoms with E-state index in [0.29, 0.717) is 0 Å². The fraction of sp³-hybridized carbons (Fsp3) is 0.296. The molecular weight excluding hydrogens is 412 g/mol. The first-order chi connectivity index (χ1) is 16.0. The molecule has 0 fully saturated rings. The van der Waals surface area contributed by atoms with E-state index in [-0.39, 0.29) is 10.6 Å². The zero-order chi connectivity index (χ0) is 23.5. The highest BCUT2D eigenvalue weighted by molar-refractivity contribution is 6.09. The molecule has 0 aliphatic heterocycles. The van der Waals surface area contributed by atoms with Gasteiger partial charge in [0.25, 0.3) is 0 Å². The third-order valence-electron chi connectivity index (χ3n) is 6.01. The molecule has 4 aromatic rings. The van der Waals surface area contributed by atoms with Crippen molar-refractivity contribution in [2.45, 2.75) is 40.5 Å². The van der Waals surface area contributed by atoms with Gasteiger partial charge in [-0.1, -0.05) is 50.2 Å². The van der Waals surface area contributed by atoms with E-state index in [1.807, 2.05) is 24.4 Å². The molecule has 0 saturated heterocycles. The van der Waals surface area contributed by atoms with Gasteiger partial charge in [0.2, 0.25) is 5.70 Å². The van der Waals surface area contributed by atoms with Crippen molar-refractivity contribution in [1.29, 1.82) is 0 Å². The maximum Gasteiger partial charge on any atom is 0.243 e. The standard InChI is InChI=1S/C27H30N4O2/c1-5-14-30(15-6-2)27-19(4)29-26(21-10-7-8-11-22(21)27)23-12-9-13-24-25(23)20(17-28-24)16-18(3)31(32)33/h7-13,16-17,28H,5-6,14-15H2,1-4H3/b18-16-. The molecule has 0 radical (unpaired) electrons. The lowest BCUT2D eigenvalue weighted by atomic mass is 9.97. The topological polar surface area (TPSA) is 75.1 Å². The minimum Gasteiger partial charge on any atom is -0.370 e. The van der Waals surface area contributed by atoms with Crippen LogP contribution in [-0.2, 0) is 0 Å². The number of nitro groups is 1. The summed E-state index contributed by atoms with van der Waals surface area (Å²) < 4.78 is 0. The quantitative estimate of drug-likeness (QED) is 0.236. The van der Waals surface area contributed by atoms with Crippen molar-refractivity contribution in [3.8, 4) is 11.3 Å². The molecule has 0 unspecified atom stereocenters. The molecule has 6 nitrogen and oxygen atoms in total. The van der Waals surface area contributed by atoms with Crippen LogP contribution in [0.3, 0.4) is 0 Å². The van der Waals surface area contributed by atoms with Crippen LogP contribution in [0.4, 0.5) is 5.69 Å². The summed E-state index contributed by atoms with van der Waals surface area (Å²) in [5.74, 6) is 0. The number of rotatable bonds is 8. The Morgan fingerprint density at radius 2 is 1.79 bits per heavy atom. The van der Waals surface area contributed by atoms with Crippen LogP contribution in [0.15, 0.2) is 54.4 Å². The van der Waals surface area contributed by atoms with E-state index in [1.54, 1.807) is 6.08 Å². The molecule has 0 atom stereocenters. The normalized spacial score (nSPS) is 11.9. The summed E-state index contributed by atoms with van der Waals surface area (Å²) >= 11 is 0. The third kappa shape index (κ3) is 4.21. The molecule has 1 N–H and O–H groups in total. The van der Waals surface area contributed by atoms with Crippen molar-refractivity contribution in [2.75, 3.05) is 18.0 Å². The SMILES string of the molecule is CCCN(CCC)c1c(C)nc(-c2cccc3[nH]cc(/C=C(/C)[N+](=O)[O-])c23)c2ccccc12. The number of hydrogen-bond acceptors (Lipinski definition) is 4. The number of aryl methyl sites for hydroxylation is 1. The van der Waals surface area contributed by atoms with Crippen LogP contribution in [0.1, 0.15) is 44.9 Å². The highest BCUT2D eigenvalue weighted by Gasteiger charge is 2.19. The van der Waals surface area contributed by atoms with Gasteiger partial charge in [0.1, 0.15) is 0 Å². The fourth-order valence-electron chi connectivity index (χ4n) is 4.65. The molecule has 2 aromatic carbocycles. The van der Waals surface area contributed by atoms with Crippen LogP contribution in [0.5, 0.6) is 0 Å². The molecule has 2 aromatic heterocycles. The van der Waals surface area contributed by atoms with E-state index in [9.17, 15) is 10.1 Å². The molecule has 0 saturated carbocycles. The maximum atomic E-state index is 11.3. The number of allylic oxidation sites excluding steroid dienone is 1. The Balaban J connectivity index is 2.01. The van der Waals surface area contributed by atoms with Crippen molar-refractivity contribution >= 4 is 33.4 Å². The lowest BCUT2D eigenvalue weighted by Crippen LogP contribution is -2.26. The zero-order valence-electron chi connectivity index (χ0n) is 19.7. The van der Waals surface area contributed by atoms with Gasteiger partial charge in [0, 0.05) is 65.1 Å². The minimum atomic E-state index is -0.357. The van der Waals surface area contributed by atoms with Crippen LogP contribution < -0.4 is 4.90 Å². The van der Waals surface area contributed by atoms with Gasteiger partial charge < -0.3 is 9.88 Å². The predicted molar refractivity (Wildman–Crippen MR) is 137 cm³/mol. The Bertz CT molecular complexity index is 1350. The second kappa shape index (κ2) is 9.45. The van der Waals surface area contributed by atoms with Crippen molar-refractivity contribution in [3.63, 3.8) is 0 Å². The number of pyridine rings is 1. The number of H-pyrrole nitrogens is 1. The van der Waals surface area contributed by atoms with Crippen molar-refractivity contribution in [2.24, 2.45) is 0 Å². The first kappa shape index (κ1) is 22.5. The zero-order valence-corrected chi connectivity index (χ0v) is 19.7. The summed E-state index contributed by atoms with van der Waals surface area (Å²) in [6, 6.07) is 14.5. The maximum absolute atomic E-state index is 11.3. The summed E-state index contributed by atoms with van der Waals surface area (Å²) in [6.07, 6.45) is 5.60. The van der Waals surface area contributed by atoms with E-state index in [0.717, 1.165) is 64.7 Å². The monoisotopic (exact) mass is 442 g/mol. The van der Waals surface area contributed by atoms with E-state index < -0.39 is 0 Å². The number of fused-ring (bicyclic) bond motifs is 2. The average Bonchev–Trinajstić information content (AvgIpc) is 3.21. The number of aromatic amines is 1. The number of nitrogens with one attached hydrogen (secondary N) is 1. The van der Waals surface area contributed by atoms with E-state index in [1.165, 1.54) is 18.0 Å². The predicted octanol–water partition coefficient (Wildman–Crippen LogP) is 6.96. The molecule has 0 aliphatic rings. The van der Waals surface area contributed by atoms with E-state index in [2.05, 4.69) is 54.9 Å². The van der Waals surface area contributed by atoms with Crippen LogP contribution in [0.25, 0.3) is 39.0 Å². The molecule has 0 bridgehead atoms. The van der Waals surface area contributed by atoms with Crippen LogP contribution in [-0.4, -0.2) is 28.0 Å². The number of benzene rings is 2. The Kier molecular flexibility index (Phi) is 6.45. The van der Waals surface area contributed by atoms with Gasteiger partial charge in [-0.2, -0.15) is 0 Å². The molecule has 0 amide bonds. The highest BCUT2D eigenvalue weighted by Crippen LogP contribution is 2.39. The van der Waals surface area contributed by atoms with Gasteiger partial charge >= 0.3 is 0 Å². The second-order valence-corrected chi connectivity index (χ2v) is 8.44. The molecular formula is C27H30N4O2. The van der Waals surface area contributed by atoms with Crippen molar-refractivity contribution in [1.82, 2.24) is 9.97 Å². The van der Waals surface area contributed by atoms with Gasteiger partial charge in [-0.05, 0) is 25.8 Å². The Hall–Kier alpha value is -3.67. The number of aromatic nitrogens is 2. The average molecular weight is 443 g/mol. The summed E-state index contributed by atoms with van der Waals surface area (Å²) in [6.45, 7) is 9.99. The highest BCUT2D eigenvalue weighted by atomic mass is 16.6. The van der Waals surface area contributed by atoms with Crippen LogP contribution in [0, 0.1) is 17.0 Å². The van der Waals surface area contributed by atoms with Gasteiger partial charge in [-0.3, -0.25) is 15.1 Å². The second-order valence-electron chi connectivity index (χ2n) is 8.44. The van der Waals surface area contributed by atoms with E-state index >= 15 is 0 Å². The van der Waals surface area contributed by atoms with Gasteiger partial charge in [0.05, 0.1) is 22.0 Å². The first-order valence-corrected chi connectivity index (χ1v) is 11.5. The Morgan fingerprint density at radius 3 is 2.45 bits per heavy atom. The number of anilines is 1. The molecule has 0 aliphatic carbocycles. The summed E-state index contributed by atoms with van der Waals surface area (Å²) in [5.41, 5.74) is 5.89. The van der Waals surface area contributed by atoms with Gasteiger partial charge in [0.15, 0.2) is 0 Å². The Labute approximate surface area is 194 Å². The first-order valence-electron chi connectivity index (χ1n) is 11.5. The molecule has 6 heteroatoms. The summed E-state index contributed by atoms with van der Waals surface area (Å²) in [5, 5.41) is 14.5. The molecule has 2 heterocycles. The number of hydrogen-bond donors (Lipinski definition) is 1. The van der Waals surface area contributed by atoms with Crippen LogP contribution in [0.2, 0.25) is 0 Å². The largest absolute Gasteiger partial charge is 0.370 e. The molecule has 170 valence electrons. The summed E-state index contributed by atoms with van der Waals surface area (Å²) in [7, 11) is 0. The summed E-state index contributed by atoms with van der Waals surface area (Å²) in [4.78, 5) is 21.7. The third-order valence-corrected chi connectivity index (χ3v) is 6.01. The minimum absolute atomic E-state index is 0.102. The van der Waals surface area contributed by atoms with Crippen LogP contribution >= 0.6 is 0 Å². The molecule has 33 heavy (non-hydrogen) atoms. The lowest BCUT2D eigenvalue weighted by molar-refractivity contribution is -0.422. The van der Waals surface area contributed by atoms with E-state index in [4.69, 9.17) is 4.98 Å². The van der Waals surface area contributed by atoms with Gasteiger partial charge in [-0.25, -0.2) is 0 Å². The number of nitrogens with zero attached hydrogens (tertiary/aromatic N) is 3.